The molecule has 1 aromatic carbocycles. The molecule has 1 heterocycles. The first-order chi connectivity index (χ1) is 17.1. The molecule has 2 aromatic rings. The van der Waals surface area contributed by atoms with Gasteiger partial charge < -0.3 is 14.8 Å². The van der Waals surface area contributed by atoms with Crippen LogP contribution in [-0.4, -0.2) is 44.8 Å². The topological polar surface area (TPSA) is 107 Å². The van der Waals surface area contributed by atoms with Crippen molar-refractivity contribution in [2.75, 3.05) is 13.2 Å². The second-order valence-electron chi connectivity index (χ2n) is 9.95. The maximum atomic E-state index is 13.0. The predicted molar refractivity (Wildman–Crippen MR) is 143 cm³/mol. The lowest BCUT2D eigenvalue weighted by Gasteiger charge is -2.28. The van der Waals surface area contributed by atoms with Gasteiger partial charge in [-0.25, -0.2) is 22.9 Å². The lowest BCUT2D eigenvalue weighted by atomic mass is 9.86. The third-order valence-corrected chi connectivity index (χ3v) is 8.70. The van der Waals surface area contributed by atoms with E-state index in [9.17, 15) is 13.2 Å². The van der Waals surface area contributed by atoms with Gasteiger partial charge in [0.15, 0.2) is 0 Å². The Morgan fingerprint density at radius 3 is 2.53 bits per heavy atom. The molecule has 1 aliphatic carbocycles. The number of ether oxygens (including phenoxy) is 2. The van der Waals surface area contributed by atoms with E-state index in [1.165, 1.54) is 0 Å². The van der Waals surface area contributed by atoms with Crippen molar-refractivity contribution in [1.82, 2.24) is 15.0 Å². The fraction of sp³-hybridized carbons (Fsp3) is 0.615. The molecule has 8 nitrogen and oxygen atoms in total. The number of carbonyl (C=O) groups is 1. The molecular formula is C26H39N3O5S2. The van der Waals surface area contributed by atoms with E-state index in [0.717, 1.165) is 41.1 Å². The van der Waals surface area contributed by atoms with E-state index >= 15 is 0 Å². The predicted octanol–water partition coefficient (Wildman–Crippen LogP) is 5.44. The fourth-order valence-electron chi connectivity index (χ4n) is 4.26. The molecule has 200 valence electrons. The third kappa shape index (κ3) is 7.99. The van der Waals surface area contributed by atoms with Crippen molar-refractivity contribution in [2.24, 2.45) is 5.92 Å². The summed E-state index contributed by atoms with van der Waals surface area (Å²) in [6.07, 6.45) is 4.81. The summed E-state index contributed by atoms with van der Waals surface area (Å²) in [6, 6.07) is 5.60. The lowest BCUT2D eigenvalue weighted by molar-refractivity contribution is 0.0970. The zero-order valence-corrected chi connectivity index (χ0v) is 23.5. The molecule has 1 aromatic heterocycles. The van der Waals surface area contributed by atoms with Crippen LogP contribution >= 0.6 is 11.3 Å². The van der Waals surface area contributed by atoms with Crippen LogP contribution in [0.15, 0.2) is 29.3 Å². The maximum Gasteiger partial charge on any atom is 0.407 e. The number of nitrogens with zero attached hydrogens (tertiary/aromatic N) is 1. The summed E-state index contributed by atoms with van der Waals surface area (Å²) in [6.45, 7) is 10.9. The number of amides is 1. The Labute approximate surface area is 219 Å². The number of carbonyl (C=O) groups excluding carboxylic acids is 1. The molecule has 1 fully saturated rings. The Morgan fingerprint density at radius 1 is 1.17 bits per heavy atom. The standard InChI is InChI=1S/C26H39N3O5S2/c1-6-28-36(31,32)24-13-19(16-33-15-17(2)3)7-12-22(24)23-14-27-25(35-23)20-8-10-21(11-9-20)29-26(30)34-18(4)5/h7,12-14,17-18,20-21,28H,6,8-11,15-16H2,1-5H3,(H,29,30). The minimum atomic E-state index is -3.67. The minimum Gasteiger partial charge on any atom is -0.447 e. The van der Waals surface area contributed by atoms with Crippen LogP contribution in [0.5, 0.6) is 0 Å². The number of alkyl carbamates (subject to hydrolysis) is 1. The Hall–Kier alpha value is -2.01. The number of hydrogen-bond donors (Lipinski definition) is 2. The molecule has 1 saturated carbocycles. The number of hydrogen-bond acceptors (Lipinski definition) is 7. The summed E-state index contributed by atoms with van der Waals surface area (Å²) in [5.74, 6) is 0.699. The van der Waals surface area contributed by atoms with Gasteiger partial charge in [-0.05, 0) is 57.1 Å². The van der Waals surface area contributed by atoms with Crippen LogP contribution < -0.4 is 10.0 Å². The van der Waals surface area contributed by atoms with Crippen molar-refractivity contribution in [2.45, 2.75) is 89.9 Å². The van der Waals surface area contributed by atoms with Gasteiger partial charge in [0.1, 0.15) is 0 Å². The van der Waals surface area contributed by atoms with Crippen LogP contribution in [0, 0.1) is 5.92 Å². The van der Waals surface area contributed by atoms with Crippen LogP contribution in [0.3, 0.4) is 0 Å². The van der Waals surface area contributed by atoms with Crippen LogP contribution in [0.25, 0.3) is 10.4 Å². The molecular weight excluding hydrogens is 498 g/mol. The first-order valence-electron chi connectivity index (χ1n) is 12.7. The van der Waals surface area contributed by atoms with Crippen molar-refractivity contribution >= 4 is 27.5 Å². The highest BCUT2D eigenvalue weighted by Crippen LogP contribution is 2.39. The summed E-state index contributed by atoms with van der Waals surface area (Å²) in [4.78, 5) is 17.6. The van der Waals surface area contributed by atoms with Gasteiger partial charge >= 0.3 is 6.09 Å². The zero-order valence-electron chi connectivity index (χ0n) is 21.9. The molecule has 3 rings (SSSR count). The summed E-state index contributed by atoms with van der Waals surface area (Å²) < 4.78 is 39.6. The average molecular weight is 538 g/mol. The number of thiazole rings is 1. The molecule has 1 aliphatic rings. The Morgan fingerprint density at radius 2 is 1.89 bits per heavy atom. The fourth-order valence-corrected chi connectivity index (χ4v) is 6.76. The van der Waals surface area contributed by atoms with Gasteiger partial charge in [0.05, 0.1) is 27.5 Å². The molecule has 10 heteroatoms. The number of nitrogens with one attached hydrogen (secondary N) is 2. The van der Waals surface area contributed by atoms with Gasteiger partial charge in [0.25, 0.3) is 0 Å². The molecule has 0 radical (unpaired) electrons. The second-order valence-corrected chi connectivity index (χ2v) is 12.7. The van der Waals surface area contributed by atoms with Gasteiger partial charge in [0.2, 0.25) is 10.0 Å². The lowest BCUT2D eigenvalue weighted by Crippen LogP contribution is -2.38. The summed E-state index contributed by atoms with van der Waals surface area (Å²) in [5.41, 5.74) is 1.47. The van der Waals surface area contributed by atoms with Crippen molar-refractivity contribution in [3.8, 4) is 10.4 Å². The van der Waals surface area contributed by atoms with Crippen molar-refractivity contribution in [3.63, 3.8) is 0 Å². The maximum absolute atomic E-state index is 13.0. The van der Waals surface area contributed by atoms with Crippen LogP contribution in [0.4, 0.5) is 4.79 Å². The van der Waals surface area contributed by atoms with Gasteiger partial charge in [-0.1, -0.05) is 32.9 Å². The van der Waals surface area contributed by atoms with E-state index in [-0.39, 0.29) is 23.1 Å². The Bertz CT molecular complexity index is 1110. The third-order valence-electron chi connectivity index (χ3n) is 5.92. The molecule has 0 aliphatic heterocycles. The Kier molecular flexibility index (Phi) is 10.3. The van der Waals surface area contributed by atoms with E-state index < -0.39 is 10.0 Å². The van der Waals surface area contributed by atoms with Crippen molar-refractivity contribution < 1.29 is 22.7 Å². The monoisotopic (exact) mass is 537 g/mol. The molecule has 0 spiro atoms. The van der Waals surface area contributed by atoms with Crippen LogP contribution in [-0.2, 0) is 26.1 Å². The minimum absolute atomic E-state index is 0.106. The molecule has 2 N–H and O–H groups in total. The van der Waals surface area contributed by atoms with E-state index in [4.69, 9.17) is 9.47 Å². The summed E-state index contributed by atoms with van der Waals surface area (Å²) >= 11 is 1.55. The zero-order chi connectivity index (χ0) is 26.3. The molecule has 0 atom stereocenters. The van der Waals surface area contributed by atoms with Gasteiger partial charge in [-0.3, -0.25) is 0 Å². The number of aromatic nitrogens is 1. The molecule has 1 amide bonds. The van der Waals surface area contributed by atoms with Crippen molar-refractivity contribution in [1.29, 1.82) is 0 Å². The molecule has 36 heavy (non-hydrogen) atoms. The van der Waals surface area contributed by atoms with Crippen LogP contribution in [0.1, 0.15) is 76.8 Å². The van der Waals surface area contributed by atoms with Gasteiger partial charge in [-0.15, -0.1) is 11.3 Å². The van der Waals surface area contributed by atoms with Gasteiger partial charge in [-0.2, -0.15) is 0 Å². The number of benzene rings is 1. The highest BCUT2D eigenvalue weighted by atomic mass is 32.2. The van der Waals surface area contributed by atoms with E-state index in [2.05, 4.69) is 28.9 Å². The highest BCUT2D eigenvalue weighted by molar-refractivity contribution is 7.89. The van der Waals surface area contributed by atoms with Crippen molar-refractivity contribution in [3.05, 3.63) is 35.0 Å². The smallest absolute Gasteiger partial charge is 0.407 e. The second kappa shape index (κ2) is 13.0. The number of sulfonamides is 1. The SMILES string of the molecule is CCNS(=O)(=O)c1cc(COCC(C)C)ccc1-c1cnc(C2CCC(NC(=O)OC(C)C)CC2)s1. The quantitative estimate of drug-likeness (QED) is 0.395. The van der Waals surface area contributed by atoms with Gasteiger partial charge in [0, 0.05) is 36.9 Å². The Balaban J connectivity index is 1.74. The molecule has 0 saturated heterocycles. The van der Waals surface area contributed by atoms with Crippen LogP contribution in [0.2, 0.25) is 0 Å². The molecule has 0 bridgehead atoms. The van der Waals surface area contributed by atoms with E-state index in [1.54, 1.807) is 30.5 Å². The summed E-state index contributed by atoms with van der Waals surface area (Å²) in [5, 5.41) is 3.96. The average Bonchev–Trinajstić information content (AvgIpc) is 3.29. The largest absolute Gasteiger partial charge is 0.447 e. The summed E-state index contributed by atoms with van der Waals surface area (Å²) in [7, 11) is -3.67. The number of rotatable bonds is 11. The first-order valence-corrected chi connectivity index (χ1v) is 15.0. The molecule has 0 unspecified atom stereocenters. The van der Waals surface area contributed by atoms with E-state index in [1.807, 2.05) is 26.0 Å². The first kappa shape index (κ1) is 28.6. The highest BCUT2D eigenvalue weighted by Gasteiger charge is 2.27. The van der Waals surface area contributed by atoms with E-state index in [0.29, 0.717) is 37.2 Å². The normalized spacial score (nSPS) is 18.5.